The summed E-state index contributed by atoms with van der Waals surface area (Å²) in [6.45, 7) is 3.26. The predicted octanol–water partition coefficient (Wildman–Crippen LogP) is 0.953. The van der Waals surface area contributed by atoms with Crippen LogP contribution in [-0.2, 0) is 11.3 Å². The van der Waals surface area contributed by atoms with E-state index in [1.807, 2.05) is 19.1 Å². The Hall–Kier alpha value is -2.28. The largest absolute Gasteiger partial charge is 0.371 e. The molecule has 7 nitrogen and oxygen atoms in total. The third-order valence-electron chi connectivity index (χ3n) is 3.54. The molecule has 2 atom stereocenters. The summed E-state index contributed by atoms with van der Waals surface area (Å²) in [7, 11) is 0. The summed E-state index contributed by atoms with van der Waals surface area (Å²) in [5.74, 6) is -0.218. The third-order valence-corrected chi connectivity index (χ3v) is 3.54. The van der Waals surface area contributed by atoms with E-state index < -0.39 is 0 Å². The molecule has 3 rings (SSSR count). The second-order valence-corrected chi connectivity index (χ2v) is 4.90. The first kappa shape index (κ1) is 13.7. The number of carbonyl (C=O) groups excluding carboxylic acids is 1. The minimum Gasteiger partial charge on any atom is -0.371 e. The summed E-state index contributed by atoms with van der Waals surface area (Å²) >= 11 is 0. The summed E-state index contributed by atoms with van der Waals surface area (Å²) in [4.78, 5) is 16.2. The third kappa shape index (κ3) is 2.92. The van der Waals surface area contributed by atoms with Gasteiger partial charge >= 0.3 is 0 Å². The Bertz CT molecular complexity index is 613. The molecule has 1 aliphatic heterocycles. The van der Waals surface area contributed by atoms with Crippen molar-refractivity contribution in [2.45, 2.75) is 32.0 Å². The number of nitrogens with zero attached hydrogens (tertiary/aromatic N) is 4. The lowest BCUT2D eigenvalue weighted by Gasteiger charge is -2.19. The molecular weight excluding hydrogens is 270 g/mol. The van der Waals surface area contributed by atoms with Crippen LogP contribution in [0.3, 0.4) is 0 Å². The average molecular weight is 287 g/mol. The normalized spacial score (nSPS) is 21.4. The van der Waals surface area contributed by atoms with E-state index in [0.717, 1.165) is 12.0 Å². The molecule has 0 saturated carbocycles. The van der Waals surface area contributed by atoms with Gasteiger partial charge in [0, 0.05) is 25.5 Å². The van der Waals surface area contributed by atoms with Crippen LogP contribution in [0.25, 0.3) is 0 Å². The maximum absolute atomic E-state index is 12.2. The van der Waals surface area contributed by atoms with E-state index in [-0.39, 0.29) is 18.1 Å². The van der Waals surface area contributed by atoms with Crippen LogP contribution in [0.5, 0.6) is 0 Å². The molecule has 1 aliphatic rings. The molecule has 21 heavy (non-hydrogen) atoms. The molecule has 0 unspecified atom stereocenters. The fourth-order valence-corrected chi connectivity index (χ4v) is 2.42. The molecule has 1 saturated heterocycles. The minimum atomic E-state index is -0.218. The Kier molecular flexibility index (Phi) is 3.92. The van der Waals surface area contributed by atoms with E-state index in [2.05, 4.69) is 20.6 Å². The van der Waals surface area contributed by atoms with Gasteiger partial charge in [-0.2, -0.15) is 0 Å². The molecule has 0 bridgehead atoms. The highest BCUT2D eigenvalue weighted by atomic mass is 16.5. The maximum atomic E-state index is 12.2. The van der Waals surface area contributed by atoms with E-state index in [4.69, 9.17) is 4.74 Å². The van der Waals surface area contributed by atoms with Crippen LogP contribution in [0.1, 0.15) is 35.5 Å². The standard InChI is InChI=1S/C14H17N5O2/c1-2-19-9-12(17-18-19)14(20)16-11-5-8-21-13(11)10-3-6-15-7-4-10/h3-4,6-7,9,11,13H,2,5,8H2,1H3,(H,16,20)/t11-,13+/m1/s1. The smallest absolute Gasteiger partial charge is 0.273 e. The number of amides is 1. The molecule has 2 aromatic heterocycles. The fraction of sp³-hybridized carbons (Fsp3) is 0.429. The summed E-state index contributed by atoms with van der Waals surface area (Å²) in [5.41, 5.74) is 1.35. The van der Waals surface area contributed by atoms with Gasteiger partial charge < -0.3 is 10.1 Å². The number of pyridine rings is 1. The number of hydrogen-bond acceptors (Lipinski definition) is 5. The van der Waals surface area contributed by atoms with Crippen molar-refractivity contribution in [3.63, 3.8) is 0 Å². The van der Waals surface area contributed by atoms with E-state index in [0.29, 0.717) is 18.8 Å². The van der Waals surface area contributed by atoms with Crippen molar-refractivity contribution < 1.29 is 9.53 Å². The van der Waals surface area contributed by atoms with Crippen LogP contribution in [0, 0.1) is 0 Å². The van der Waals surface area contributed by atoms with Crippen molar-refractivity contribution in [3.05, 3.63) is 42.0 Å². The summed E-state index contributed by atoms with van der Waals surface area (Å²) in [6, 6.07) is 3.75. The van der Waals surface area contributed by atoms with Crippen molar-refractivity contribution in [1.82, 2.24) is 25.3 Å². The zero-order valence-corrected chi connectivity index (χ0v) is 11.8. The van der Waals surface area contributed by atoms with E-state index in [9.17, 15) is 4.79 Å². The quantitative estimate of drug-likeness (QED) is 0.905. The molecule has 1 N–H and O–H groups in total. The van der Waals surface area contributed by atoms with Crippen LogP contribution in [0.4, 0.5) is 0 Å². The molecule has 3 heterocycles. The van der Waals surface area contributed by atoms with Crippen LogP contribution in [0.2, 0.25) is 0 Å². The molecule has 0 radical (unpaired) electrons. The van der Waals surface area contributed by atoms with Gasteiger partial charge in [0.25, 0.3) is 5.91 Å². The predicted molar refractivity (Wildman–Crippen MR) is 74.5 cm³/mol. The molecule has 0 spiro atoms. The summed E-state index contributed by atoms with van der Waals surface area (Å²) in [5, 5.41) is 10.7. The van der Waals surface area contributed by atoms with E-state index in [1.165, 1.54) is 0 Å². The first-order chi connectivity index (χ1) is 10.3. The summed E-state index contributed by atoms with van der Waals surface area (Å²) < 4.78 is 7.36. The van der Waals surface area contributed by atoms with Crippen molar-refractivity contribution >= 4 is 5.91 Å². The van der Waals surface area contributed by atoms with Crippen molar-refractivity contribution in [2.75, 3.05) is 6.61 Å². The molecule has 1 fully saturated rings. The highest BCUT2D eigenvalue weighted by molar-refractivity contribution is 5.92. The monoisotopic (exact) mass is 287 g/mol. The first-order valence-electron chi connectivity index (χ1n) is 7.00. The number of carbonyl (C=O) groups is 1. The molecule has 0 aromatic carbocycles. The van der Waals surface area contributed by atoms with Gasteiger partial charge in [-0.05, 0) is 31.0 Å². The molecule has 2 aromatic rings. The van der Waals surface area contributed by atoms with Crippen LogP contribution in [0.15, 0.2) is 30.7 Å². The van der Waals surface area contributed by atoms with Gasteiger partial charge in [-0.3, -0.25) is 14.5 Å². The molecule has 1 amide bonds. The fourth-order valence-electron chi connectivity index (χ4n) is 2.42. The zero-order chi connectivity index (χ0) is 14.7. The van der Waals surface area contributed by atoms with Gasteiger partial charge in [0.2, 0.25) is 0 Å². The topological polar surface area (TPSA) is 81.9 Å². The number of aromatic nitrogens is 4. The number of hydrogen-bond donors (Lipinski definition) is 1. The van der Waals surface area contributed by atoms with E-state index >= 15 is 0 Å². The Morgan fingerprint density at radius 3 is 3.00 bits per heavy atom. The van der Waals surface area contributed by atoms with Crippen molar-refractivity contribution in [3.8, 4) is 0 Å². The lowest BCUT2D eigenvalue weighted by atomic mass is 10.0. The Morgan fingerprint density at radius 2 is 2.29 bits per heavy atom. The second-order valence-electron chi connectivity index (χ2n) is 4.90. The number of aryl methyl sites for hydroxylation is 1. The number of ether oxygens (including phenoxy) is 1. The van der Waals surface area contributed by atoms with Crippen LogP contribution < -0.4 is 5.32 Å². The van der Waals surface area contributed by atoms with Gasteiger partial charge in [0.1, 0.15) is 6.10 Å². The minimum absolute atomic E-state index is 0.0633. The van der Waals surface area contributed by atoms with Gasteiger partial charge in [-0.25, -0.2) is 0 Å². The van der Waals surface area contributed by atoms with Crippen LogP contribution >= 0.6 is 0 Å². The first-order valence-corrected chi connectivity index (χ1v) is 7.00. The van der Waals surface area contributed by atoms with Crippen molar-refractivity contribution in [1.29, 1.82) is 0 Å². The molecule has 0 aliphatic carbocycles. The lowest BCUT2D eigenvalue weighted by molar-refractivity contribution is 0.0817. The van der Waals surface area contributed by atoms with E-state index in [1.54, 1.807) is 23.3 Å². The lowest BCUT2D eigenvalue weighted by Crippen LogP contribution is -2.37. The SMILES string of the molecule is CCn1cc(C(=O)N[C@@H]2CCO[C@H]2c2ccncc2)nn1. The van der Waals surface area contributed by atoms with Crippen LogP contribution in [-0.4, -0.2) is 38.5 Å². The number of nitrogens with one attached hydrogen (secondary N) is 1. The number of rotatable bonds is 4. The van der Waals surface area contributed by atoms with Gasteiger partial charge in [0.15, 0.2) is 5.69 Å². The Labute approximate surface area is 122 Å². The Morgan fingerprint density at radius 1 is 1.48 bits per heavy atom. The molecule has 110 valence electrons. The Balaban J connectivity index is 1.70. The second kappa shape index (κ2) is 6.01. The highest BCUT2D eigenvalue weighted by Gasteiger charge is 2.31. The zero-order valence-electron chi connectivity index (χ0n) is 11.8. The summed E-state index contributed by atoms with van der Waals surface area (Å²) in [6.07, 6.45) is 5.73. The highest BCUT2D eigenvalue weighted by Crippen LogP contribution is 2.28. The van der Waals surface area contributed by atoms with Crippen molar-refractivity contribution in [2.24, 2.45) is 0 Å². The van der Waals surface area contributed by atoms with Gasteiger partial charge in [-0.1, -0.05) is 5.21 Å². The molecular formula is C14H17N5O2. The maximum Gasteiger partial charge on any atom is 0.273 e. The van der Waals surface area contributed by atoms with Gasteiger partial charge in [-0.15, -0.1) is 5.10 Å². The van der Waals surface area contributed by atoms with Gasteiger partial charge in [0.05, 0.1) is 12.2 Å². The molecule has 7 heteroatoms. The average Bonchev–Trinajstić information content (AvgIpc) is 3.17.